The summed E-state index contributed by atoms with van der Waals surface area (Å²) in [7, 11) is 1.45. The third kappa shape index (κ3) is 2.85. The molecule has 2 aromatic rings. The molecule has 4 nitrogen and oxygen atoms in total. The van der Waals surface area contributed by atoms with Crippen molar-refractivity contribution in [3.63, 3.8) is 0 Å². The van der Waals surface area contributed by atoms with Crippen molar-refractivity contribution in [2.45, 2.75) is 13.8 Å². The molecule has 0 fully saturated rings. The molecule has 6 heteroatoms. The molecule has 1 N–H and O–H groups in total. The average molecular weight is 342 g/mol. The zero-order valence-electron chi connectivity index (χ0n) is 11.2. The van der Waals surface area contributed by atoms with E-state index >= 15 is 0 Å². The quantitative estimate of drug-likeness (QED) is 0.915. The van der Waals surface area contributed by atoms with Gasteiger partial charge in [0.15, 0.2) is 5.75 Å². The van der Waals surface area contributed by atoms with E-state index in [0.717, 1.165) is 0 Å². The second-order valence-corrected chi connectivity index (χ2v) is 5.10. The van der Waals surface area contributed by atoms with E-state index in [2.05, 4.69) is 21.2 Å². The Hall–Kier alpha value is -1.82. The fraction of sp³-hybridized carbons (Fsp3) is 0.214. The molecule has 0 saturated carbocycles. The summed E-state index contributed by atoms with van der Waals surface area (Å²) in [6.45, 7) is 3.45. The molecule has 2 rings (SSSR count). The van der Waals surface area contributed by atoms with E-state index in [4.69, 9.17) is 9.15 Å². The maximum atomic E-state index is 13.4. The van der Waals surface area contributed by atoms with Crippen LogP contribution in [0.15, 0.2) is 27.1 Å². The van der Waals surface area contributed by atoms with Crippen LogP contribution in [-0.2, 0) is 0 Å². The molecule has 0 unspecified atom stereocenters. The highest BCUT2D eigenvalue weighted by Crippen LogP contribution is 2.34. The summed E-state index contributed by atoms with van der Waals surface area (Å²) < 4.78 is 24.3. The molecule has 0 radical (unpaired) electrons. The predicted octanol–water partition coefficient (Wildman–Crippen LogP) is 4.06. The molecule has 0 spiro atoms. The summed E-state index contributed by atoms with van der Waals surface area (Å²) in [4.78, 5) is 12.2. The number of carbonyl (C=O) groups excluding carboxylic acids is 1. The maximum absolute atomic E-state index is 13.4. The fourth-order valence-electron chi connectivity index (χ4n) is 1.91. The molecule has 0 aliphatic carbocycles. The highest BCUT2D eigenvalue weighted by Gasteiger charge is 2.17. The van der Waals surface area contributed by atoms with Gasteiger partial charge in [0, 0.05) is 6.07 Å². The van der Waals surface area contributed by atoms with Gasteiger partial charge in [-0.15, -0.1) is 0 Å². The van der Waals surface area contributed by atoms with Crippen LogP contribution in [0.2, 0.25) is 0 Å². The van der Waals surface area contributed by atoms with E-state index in [1.807, 2.05) is 0 Å². The average Bonchev–Trinajstić information content (AvgIpc) is 2.68. The number of rotatable bonds is 3. The van der Waals surface area contributed by atoms with Crippen LogP contribution in [0.5, 0.6) is 5.75 Å². The van der Waals surface area contributed by atoms with E-state index < -0.39 is 5.82 Å². The first-order valence-electron chi connectivity index (χ1n) is 5.83. The zero-order valence-corrected chi connectivity index (χ0v) is 12.8. The highest BCUT2D eigenvalue weighted by atomic mass is 79.9. The fourth-order valence-corrected chi connectivity index (χ4v) is 2.50. The van der Waals surface area contributed by atoms with E-state index in [1.165, 1.54) is 19.2 Å². The van der Waals surface area contributed by atoms with Crippen molar-refractivity contribution in [2.75, 3.05) is 12.4 Å². The Bertz CT molecular complexity index is 667. The van der Waals surface area contributed by atoms with Gasteiger partial charge in [-0.1, -0.05) is 0 Å². The minimum atomic E-state index is -0.479. The minimum Gasteiger partial charge on any atom is -0.493 e. The SMILES string of the molecule is COc1c(Br)cc(F)cc1NC(=O)c1cc(C)oc1C. The largest absolute Gasteiger partial charge is 0.493 e. The number of carbonyl (C=O) groups is 1. The lowest BCUT2D eigenvalue weighted by Crippen LogP contribution is -2.13. The van der Waals surface area contributed by atoms with Crippen LogP contribution < -0.4 is 10.1 Å². The number of nitrogens with one attached hydrogen (secondary N) is 1. The molecule has 0 atom stereocenters. The van der Waals surface area contributed by atoms with Crippen LogP contribution in [0.1, 0.15) is 21.9 Å². The maximum Gasteiger partial charge on any atom is 0.259 e. The standard InChI is InChI=1S/C14H13BrFNO3/c1-7-4-10(8(2)20-7)14(18)17-12-6-9(16)5-11(15)13(12)19-3/h4-6H,1-3H3,(H,17,18). The lowest BCUT2D eigenvalue weighted by Gasteiger charge is -2.11. The molecule has 0 saturated heterocycles. The summed E-state index contributed by atoms with van der Waals surface area (Å²) in [5.74, 6) is 0.648. The first-order valence-corrected chi connectivity index (χ1v) is 6.63. The van der Waals surface area contributed by atoms with Gasteiger partial charge >= 0.3 is 0 Å². The third-order valence-electron chi connectivity index (χ3n) is 2.75. The molecule has 0 aliphatic heterocycles. The van der Waals surface area contributed by atoms with E-state index in [9.17, 15) is 9.18 Å². The lowest BCUT2D eigenvalue weighted by atomic mass is 10.2. The summed E-state index contributed by atoms with van der Waals surface area (Å²) in [6.07, 6.45) is 0. The first kappa shape index (κ1) is 14.6. The number of aryl methyl sites for hydroxylation is 2. The second kappa shape index (κ2) is 5.66. The number of halogens is 2. The van der Waals surface area contributed by atoms with Gasteiger partial charge < -0.3 is 14.5 Å². The minimum absolute atomic E-state index is 0.252. The monoisotopic (exact) mass is 341 g/mol. The smallest absolute Gasteiger partial charge is 0.259 e. The Kier molecular flexibility index (Phi) is 4.13. The van der Waals surface area contributed by atoms with Gasteiger partial charge in [-0.25, -0.2) is 4.39 Å². The van der Waals surface area contributed by atoms with Crippen molar-refractivity contribution in [3.8, 4) is 5.75 Å². The second-order valence-electron chi connectivity index (χ2n) is 4.25. The molecule has 1 amide bonds. The number of amides is 1. The summed E-state index contributed by atoms with van der Waals surface area (Å²) in [5, 5.41) is 2.62. The Balaban J connectivity index is 2.35. The summed E-state index contributed by atoms with van der Waals surface area (Å²) >= 11 is 3.19. The Morgan fingerprint density at radius 1 is 1.35 bits per heavy atom. The van der Waals surface area contributed by atoms with Gasteiger partial charge in [0.25, 0.3) is 5.91 Å². The third-order valence-corrected chi connectivity index (χ3v) is 3.34. The topological polar surface area (TPSA) is 51.5 Å². The Morgan fingerprint density at radius 2 is 2.05 bits per heavy atom. The molecule has 1 heterocycles. The van der Waals surface area contributed by atoms with Gasteiger partial charge in [0.05, 0.1) is 22.8 Å². The lowest BCUT2D eigenvalue weighted by molar-refractivity contribution is 0.102. The molecular weight excluding hydrogens is 329 g/mol. The van der Waals surface area contributed by atoms with Crippen molar-refractivity contribution < 1.29 is 18.3 Å². The highest BCUT2D eigenvalue weighted by molar-refractivity contribution is 9.10. The molecule has 0 aliphatic rings. The Morgan fingerprint density at radius 3 is 2.60 bits per heavy atom. The van der Waals surface area contributed by atoms with Crippen molar-refractivity contribution in [1.82, 2.24) is 0 Å². The summed E-state index contributed by atoms with van der Waals surface area (Å²) in [5.41, 5.74) is 0.660. The normalized spacial score (nSPS) is 10.4. The van der Waals surface area contributed by atoms with Gasteiger partial charge in [-0.05, 0) is 41.9 Å². The van der Waals surface area contributed by atoms with Gasteiger partial charge in [-0.2, -0.15) is 0 Å². The number of anilines is 1. The van der Waals surface area contributed by atoms with Crippen molar-refractivity contribution in [3.05, 3.63) is 45.6 Å². The number of ether oxygens (including phenoxy) is 1. The number of methoxy groups -OCH3 is 1. The van der Waals surface area contributed by atoms with Crippen molar-refractivity contribution >= 4 is 27.5 Å². The van der Waals surface area contributed by atoms with Gasteiger partial charge in [0.1, 0.15) is 17.3 Å². The van der Waals surface area contributed by atoms with Gasteiger partial charge in [0.2, 0.25) is 0 Å². The first-order chi connectivity index (χ1) is 9.42. The van der Waals surface area contributed by atoms with E-state index in [1.54, 1.807) is 19.9 Å². The van der Waals surface area contributed by atoms with Crippen LogP contribution in [0.3, 0.4) is 0 Å². The number of hydrogen-bond acceptors (Lipinski definition) is 3. The van der Waals surface area contributed by atoms with Crippen LogP contribution in [-0.4, -0.2) is 13.0 Å². The van der Waals surface area contributed by atoms with Crippen LogP contribution in [0.4, 0.5) is 10.1 Å². The predicted molar refractivity (Wildman–Crippen MR) is 76.8 cm³/mol. The number of furan rings is 1. The number of benzene rings is 1. The van der Waals surface area contributed by atoms with E-state index in [-0.39, 0.29) is 11.6 Å². The van der Waals surface area contributed by atoms with E-state index in [0.29, 0.717) is 27.3 Å². The van der Waals surface area contributed by atoms with Crippen LogP contribution in [0.25, 0.3) is 0 Å². The number of hydrogen-bond donors (Lipinski definition) is 1. The van der Waals surface area contributed by atoms with Crippen LogP contribution in [0, 0.1) is 19.7 Å². The van der Waals surface area contributed by atoms with Crippen LogP contribution >= 0.6 is 15.9 Å². The molecule has 106 valence electrons. The summed E-state index contributed by atoms with van der Waals surface area (Å²) in [6, 6.07) is 4.09. The molecule has 1 aromatic carbocycles. The molecular formula is C14H13BrFNO3. The van der Waals surface area contributed by atoms with Crippen molar-refractivity contribution in [1.29, 1.82) is 0 Å². The molecule has 20 heavy (non-hydrogen) atoms. The van der Waals surface area contributed by atoms with Gasteiger partial charge in [-0.3, -0.25) is 4.79 Å². The molecule has 1 aromatic heterocycles. The molecule has 0 bridgehead atoms. The zero-order chi connectivity index (χ0) is 14.9. The van der Waals surface area contributed by atoms with Crippen molar-refractivity contribution in [2.24, 2.45) is 0 Å². The Labute approximate surface area is 124 Å².